The van der Waals surface area contributed by atoms with E-state index in [0.717, 1.165) is 17.0 Å². The summed E-state index contributed by atoms with van der Waals surface area (Å²) in [4.78, 5) is 5.49. The van der Waals surface area contributed by atoms with Gasteiger partial charge in [-0.05, 0) is 24.4 Å². The maximum Gasteiger partial charge on any atom is 0.191 e. The van der Waals surface area contributed by atoms with E-state index in [1.807, 2.05) is 38.4 Å². The topological polar surface area (TPSA) is 74.5 Å². The Kier molecular flexibility index (Phi) is 5.67. The molecule has 0 aliphatic rings. The SMILES string of the molecule is CCNC(=NCc1cnn(C)c1)NCC(O)c1cc2ccccc2s1. The summed E-state index contributed by atoms with van der Waals surface area (Å²) in [5.41, 5.74) is 1.05. The average Bonchev–Trinajstić information content (AvgIpc) is 3.23. The molecule has 2 heterocycles. The summed E-state index contributed by atoms with van der Waals surface area (Å²) in [5.74, 6) is 0.687. The number of hydrogen-bond donors (Lipinski definition) is 3. The number of aryl methyl sites for hydroxylation is 1. The zero-order valence-corrected chi connectivity index (χ0v) is 15.3. The van der Waals surface area contributed by atoms with Crippen molar-refractivity contribution in [1.29, 1.82) is 0 Å². The van der Waals surface area contributed by atoms with Crippen LogP contribution in [-0.4, -0.2) is 33.9 Å². The summed E-state index contributed by atoms with van der Waals surface area (Å²) in [6, 6.07) is 10.2. The molecular formula is C18H23N5OS. The third-order valence-electron chi connectivity index (χ3n) is 3.76. The molecule has 0 bridgehead atoms. The molecular weight excluding hydrogens is 334 g/mol. The normalized spacial score (nSPS) is 13.2. The standard InChI is InChI=1S/C18H23N5OS/c1-3-19-18(20-9-13-10-22-23(2)12-13)21-11-15(24)17-8-14-6-4-5-7-16(14)25-17/h4-8,10,12,15,24H,3,9,11H2,1-2H3,(H2,19,20,21). The Hall–Kier alpha value is -2.38. The Labute approximate surface area is 151 Å². The molecule has 0 radical (unpaired) electrons. The van der Waals surface area contributed by atoms with Gasteiger partial charge in [-0.1, -0.05) is 18.2 Å². The van der Waals surface area contributed by atoms with Gasteiger partial charge in [-0.3, -0.25) is 4.68 Å². The number of guanidine groups is 1. The van der Waals surface area contributed by atoms with Crippen LogP contribution in [0.15, 0.2) is 47.7 Å². The molecule has 3 aromatic rings. The molecule has 0 aliphatic carbocycles. The lowest BCUT2D eigenvalue weighted by atomic mass is 10.2. The lowest BCUT2D eigenvalue weighted by Gasteiger charge is -2.14. The zero-order chi connectivity index (χ0) is 17.6. The molecule has 0 saturated heterocycles. The fourth-order valence-electron chi connectivity index (χ4n) is 2.53. The van der Waals surface area contributed by atoms with E-state index in [1.165, 1.54) is 10.1 Å². The van der Waals surface area contributed by atoms with E-state index < -0.39 is 6.10 Å². The highest BCUT2D eigenvalue weighted by atomic mass is 32.1. The van der Waals surface area contributed by atoms with Crippen molar-refractivity contribution < 1.29 is 5.11 Å². The molecule has 6 nitrogen and oxygen atoms in total. The molecule has 0 spiro atoms. The highest BCUT2D eigenvalue weighted by molar-refractivity contribution is 7.19. The molecule has 3 rings (SSSR count). The molecule has 132 valence electrons. The van der Waals surface area contributed by atoms with Crippen molar-refractivity contribution in [2.24, 2.45) is 12.0 Å². The van der Waals surface area contributed by atoms with E-state index in [2.05, 4.69) is 32.9 Å². The first kappa shape index (κ1) is 17.4. The Morgan fingerprint density at radius 2 is 2.20 bits per heavy atom. The van der Waals surface area contributed by atoms with Crippen molar-refractivity contribution in [1.82, 2.24) is 20.4 Å². The lowest BCUT2D eigenvalue weighted by Crippen LogP contribution is -2.39. The van der Waals surface area contributed by atoms with Gasteiger partial charge in [0.2, 0.25) is 0 Å². The fourth-order valence-corrected chi connectivity index (χ4v) is 3.58. The van der Waals surface area contributed by atoms with Crippen molar-refractivity contribution in [3.8, 4) is 0 Å². The van der Waals surface area contributed by atoms with Crippen molar-refractivity contribution in [2.75, 3.05) is 13.1 Å². The van der Waals surface area contributed by atoms with Crippen LogP contribution in [0.2, 0.25) is 0 Å². The summed E-state index contributed by atoms with van der Waals surface area (Å²) in [5, 5.41) is 22.2. The summed E-state index contributed by atoms with van der Waals surface area (Å²) < 4.78 is 2.95. The number of rotatable bonds is 6. The Bertz CT molecular complexity index is 821. The predicted molar refractivity (Wildman–Crippen MR) is 103 cm³/mol. The maximum atomic E-state index is 10.5. The first-order chi connectivity index (χ1) is 12.2. The second-order valence-electron chi connectivity index (χ2n) is 5.80. The van der Waals surface area contributed by atoms with Gasteiger partial charge < -0.3 is 15.7 Å². The van der Waals surface area contributed by atoms with Crippen LogP contribution in [0.3, 0.4) is 0 Å². The van der Waals surface area contributed by atoms with E-state index in [1.54, 1.807) is 22.2 Å². The molecule has 0 aliphatic heterocycles. The second kappa shape index (κ2) is 8.13. The number of aliphatic imine (C=N–C) groups is 1. The molecule has 0 amide bonds. The molecule has 25 heavy (non-hydrogen) atoms. The number of nitrogens with one attached hydrogen (secondary N) is 2. The summed E-state index contributed by atoms with van der Waals surface area (Å²) in [7, 11) is 1.89. The van der Waals surface area contributed by atoms with E-state index >= 15 is 0 Å². The Morgan fingerprint density at radius 1 is 1.36 bits per heavy atom. The number of thiophene rings is 1. The van der Waals surface area contributed by atoms with E-state index in [0.29, 0.717) is 19.0 Å². The van der Waals surface area contributed by atoms with Crippen molar-refractivity contribution in [2.45, 2.75) is 19.6 Å². The van der Waals surface area contributed by atoms with Crippen LogP contribution in [0.25, 0.3) is 10.1 Å². The number of hydrogen-bond acceptors (Lipinski definition) is 4. The van der Waals surface area contributed by atoms with Gasteiger partial charge >= 0.3 is 0 Å². The zero-order valence-electron chi connectivity index (χ0n) is 14.4. The number of fused-ring (bicyclic) bond motifs is 1. The minimum Gasteiger partial charge on any atom is -0.386 e. The van der Waals surface area contributed by atoms with Gasteiger partial charge in [-0.25, -0.2) is 4.99 Å². The van der Waals surface area contributed by atoms with Crippen molar-refractivity contribution in [3.05, 3.63) is 53.2 Å². The Morgan fingerprint density at radius 3 is 2.92 bits per heavy atom. The third-order valence-corrected chi connectivity index (χ3v) is 4.98. The van der Waals surface area contributed by atoms with Gasteiger partial charge in [0.05, 0.1) is 12.7 Å². The van der Waals surface area contributed by atoms with Crippen LogP contribution in [0.5, 0.6) is 0 Å². The van der Waals surface area contributed by atoms with E-state index in [4.69, 9.17) is 0 Å². The first-order valence-corrected chi connectivity index (χ1v) is 9.13. The van der Waals surface area contributed by atoms with Gasteiger partial charge in [-0.15, -0.1) is 11.3 Å². The number of aliphatic hydroxyl groups excluding tert-OH is 1. The van der Waals surface area contributed by atoms with Crippen molar-refractivity contribution >= 4 is 27.4 Å². The lowest BCUT2D eigenvalue weighted by molar-refractivity contribution is 0.184. The van der Waals surface area contributed by atoms with Gasteiger partial charge in [0.25, 0.3) is 0 Å². The van der Waals surface area contributed by atoms with Gasteiger partial charge in [0.15, 0.2) is 5.96 Å². The van der Waals surface area contributed by atoms with E-state index in [9.17, 15) is 5.11 Å². The molecule has 2 aromatic heterocycles. The Balaban J connectivity index is 1.61. The molecule has 1 atom stereocenters. The minimum atomic E-state index is -0.570. The number of nitrogens with zero attached hydrogens (tertiary/aromatic N) is 3. The molecule has 0 saturated carbocycles. The van der Waals surface area contributed by atoms with Crippen LogP contribution >= 0.6 is 11.3 Å². The second-order valence-corrected chi connectivity index (χ2v) is 6.92. The van der Waals surface area contributed by atoms with E-state index in [-0.39, 0.29) is 0 Å². The first-order valence-electron chi connectivity index (χ1n) is 8.32. The molecule has 3 N–H and O–H groups in total. The van der Waals surface area contributed by atoms with Gasteiger partial charge in [0.1, 0.15) is 6.10 Å². The average molecular weight is 357 g/mol. The summed E-state index contributed by atoms with van der Waals surface area (Å²) in [6.45, 7) is 3.73. The predicted octanol–water partition coefficient (Wildman–Crippen LogP) is 2.42. The summed E-state index contributed by atoms with van der Waals surface area (Å²) >= 11 is 1.62. The highest BCUT2D eigenvalue weighted by Crippen LogP contribution is 2.29. The van der Waals surface area contributed by atoms with Crippen LogP contribution in [0.4, 0.5) is 0 Å². The molecule has 7 heteroatoms. The van der Waals surface area contributed by atoms with Gasteiger partial charge in [-0.2, -0.15) is 5.10 Å². The van der Waals surface area contributed by atoms with Crippen LogP contribution in [0.1, 0.15) is 23.5 Å². The van der Waals surface area contributed by atoms with Crippen molar-refractivity contribution in [3.63, 3.8) is 0 Å². The minimum absolute atomic E-state index is 0.408. The molecule has 1 unspecified atom stereocenters. The largest absolute Gasteiger partial charge is 0.386 e. The quantitative estimate of drug-likeness (QED) is 0.468. The third kappa shape index (κ3) is 4.58. The monoisotopic (exact) mass is 357 g/mol. The van der Waals surface area contributed by atoms with Crippen LogP contribution < -0.4 is 10.6 Å². The number of aliphatic hydroxyl groups is 1. The fraction of sp³-hybridized carbons (Fsp3) is 0.333. The number of benzene rings is 1. The number of aromatic nitrogens is 2. The summed E-state index contributed by atoms with van der Waals surface area (Å²) in [6.07, 6.45) is 3.18. The molecule has 0 fully saturated rings. The smallest absolute Gasteiger partial charge is 0.191 e. The maximum absolute atomic E-state index is 10.5. The van der Waals surface area contributed by atoms with Crippen LogP contribution in [0, 0.1) is 0 Å². The van der Waals surface area contributed by atoms with Gasteiger partial charge in [0, 0.05) is 41.5 Å². The highest BCUT2D eigenvalue weighted by Gasteiger charge is 2.12. The molecule has 1 aromatic carbocycles. The van der Waals surface area contributed by atoms with Crippen LogP contribution in [-0.2, 0) is 13.6 Å².